The van der Waals surface area contributed by atoms with Crippen molar-refractivity contribution in [3.8, 4) is 11.5 Å². The van der Waals surface area contributed by atoms with Crippen LogP contribution in [0.4, 0.5) is 19.0 Å². The summed E-state index contributed by atoms with van der Waals surface area (Å²) in [6.45, 7) is 0. The Morgan fingerprint density at radius 2 is 1.76 bits per heavy atom. The minimum atomic E-state index is -4.45. The number of aromatic nitrogens is 2. The van der Waals surface area contributed by atoms with Crippen molar-refractivity contribution in [2.75, 3.05) is 5.32 Å². The van der Waals surface area contributed by atoms with Gasteiger partial charge in [-0.15, -0.1) is 0 Å². The molecule has 3 aromatic rings. The number of H-pyrrole nitrogens is 1. The van der Waals surface area contributed by atoms with Gasteiger partial charge in [0.25, 0.3) is 5.91 Å². The fourth-order valence-corrected chi connectivity index (χ4v) is 2.09. The van der Waals surface area contributed by atoms with Crippen molar-refractivity contribution in [1.82, 2.24) is 10.2 Å². The molecule has 0 fully saturated rings. The maximum atomic E-state index is 12.7. The van der Waals surface area contributed by atoms with Gasteiger partial charge in [0.1, 0.15) is 17.3 Å². The summed E-state index contributed by atoms with van der Waals surface area (Å²) in [5.74, 6) is 0.297. The molecular formula is C17H12F3N3O2. The Morgan fingerprint density at radius 3 is 2.44 bits per heavy atom. The number of nitrogens with one attached hydrogen (secondary N) is 2. The first-order chi connectivity index (χ1) is 11.9. The van der Waals surface area contributed by atoms with Gasteiger partial charge in [0.2, 0.25) is 0 Å². The van der Waals surface area contributed by atoms with Crippen molar-refractivity contribution >= 4 is 11.7 Å². The van der Waals surface area contributed by atoms with Crippen molar-refractivity contribution < 1.29 is 22.7 Å². The highest BCUT2D eigenvalue weighted by molar-refractivity contribution is 6.03. The van der Waals surface area contributed by atoms with Crippen molar-refractivity contribution in [3.63, 3.8) is 0 Å². The zero-order valence-electron chi connectivity index (χ0n) is 12.7. The molecule has 1 heterocycles. The first-order valence-corrected chi connectivity index (χ1v) is 7.18. The van der Waals surface area contributed by atoms with Crippen LogP contribution in [-0.4, -0.2) is 16.1 Å². The van der Waals surface area contributed by atoms with Crippen molar-refractivity contribution in [3.05, 3.63) is 71.9 Å². The van der Waals surface area contributed by atoms with Crippen LogP contribution < -0.4 is 10.1 Å². The zero-order valence-corrected chi connectivity index (χ0v) is 12.7. The molecule has 0 aliphatic rings. The van der Waals surface area contributed by atoms with Crippen LogP contribution in [0, 0.1) is 0 Å². The Hall–Kier alpha value is -3.29. The van der Waals surface area contributed by atoms with Crippen LogP contribution in [0.3, 0.4) is 0 Å². The van der Waals surface area contributed by atoms with Gasteiger partial charge in [-0.25, -0.2) is 0 Å². The number of rotatable bonds is 4. The summed E-state index contributed by atoms with van der Waals surface area (Å²) in [5, 5.41) is 8.90. The highest BCUT2D eigenvalue weighted by Gasteiger charge is 2.30. The number of benzene rings is 2. The fourth-order valence-electron chi connectivity index (χ4n) is 2.09. The fraction of sp³-hybridized carbons (Fsp3) is 0.0588. The lowest BCUT2D eigenvalue weighted by atomic mass is 10.2. The van der Waals surface area contributed by atoms with Crippen LogP contribution in [0.5, 0.6) is 11.5 Å². The number of ether oxygens (including phenoxy) is 1. The molecule has 2 aromatic carbocycles. The highest BCUT2D eigenvalue weighted by Crippen LogP contribution is 2.32. The predicted molar refractivity (Wildman–Crippen MR) is 84.5 cm³/mol. The quantitative estimate of drug-likeness (QED) is 0.732. The molecule has 25 heavy (non-hydrogen) atoms. The van der Waals surface area contributed by atoms with Gasteiger partial charge in [-0.05, 0) is 36.4 Å². The van der Waals surface area contributed by atoms with Crippen molar-refractivity contribution in [2.24, 2.45) is 0 Å². The van der Waals surface area contributed by atoms with E-state index < -0.39 is 17.6 Å². The summed E-state index contributed by atoms with van der Waals surface area (Å²) >= 11 is 0. The minimum absolute atomic E-state index is 0.0287. The largest absolute Gasteiger partial charge is 0.457 e. The van der Waals surface area contributed by atoms with E-state index >= 15 is 0 Å². The number of nitrogens with zero attached hydrogens (tertiary/aromatic N) is 1. The normalized spacial score (nSPS) is 11.2. The van der Waals surface area contributed by atoms with E-state index in [-0.39, 0.29) is 11.5 Å². The van der Waals surface area contributed by atoms with Gasteiger partial charge in [-0.3, -0.25) is 9.89 Å². The smallest absolute Gasteiger partial charge is 0.416 e. The van der Waals surface area contributed by atoms with Gasteiger partial charge < -0.3 is 10.1 Å². The maximum absolute atomic E-state index is 12.7. The van der Waals surface area contributed by atoms with Crippen molar-refractivity contribution in [1.29, 1.82) is 0 Å². The van der Waals surface area contributed by atoms with E-state index in [9.17, 15) is 18.0 Å². The Morgan fingerprint density at radius 1 is 1.04 bits per heavy atom. The summed E-state index contributed by atoms with van der Waals surface area (Å²) < 4.78 is 43.7. The van der Waals surface area contributed by atoms with E-state index in [1.54, 1.807) is 24.3 Å². The summed E-state index contributed by atoms with van der Waals surface area (Å²) in [6, 6.07) is 12.2. The second-order valence-electron chi connectivity index (χ2n) is 5.08. The molecule has 128 valence electrons. The summed E-state index contributed by atoms with van der Waals surface area (Å²) in [5.41, 5.74) is -0.516. The number of carbonyl (C=O) groups is 1. The molecule has 0 aliphatic carbocycles. The van der Waals surface area contributed by atoms with E-state index in [1.807, 2.05) is 0 Å². The number of carbonyl (C=O) groups excluding carboxylic acids is 1. The molecule has 0 saturated heterocycles. The first-order valence-electron chi connectivity index (χ1n) is 7.18. The number of amides is 1. The molecule has 2 N–H and O–H groups in total. The number of alkyl halides is 3. The van der Waals surface area contributed by atoms with E-state index in [1.165, 1.54) is 24.4 Å². The molecular weight excluding hydrogens is 335 g/mol. The SMILES string of the molecule is O=C(Nc1ccn[nH]1)c1cccc(Oc2cccc(C(F)(F)F)c2)c1. The Bertz CT molecular complexity index is 877. The van der Waals surface area contributed by atoms with Crippen LogP contribution in [0.15, 0.2) is 60.8 Å². The number of aromatic amines is 1. The zero-order chi connectivity index (χ0) is 17.9. The molecule has 0 radical (unpaired) electrons. The van der Waals surface area contributed by atoms with Gasteiger partial charge in [-0.2, -0.15) is 18.3 Å². The monoisotopic (exact) mass is 347 g/mol. The molecule has 0 bridgehead atoms. The standard InChI is InChI=1S/C17H12F3N3O2/c18-17(19,20)12-4-2-6-14(10-12)25-13-5-1-3-11(9-13)16(24)22-15-7-8-21-23-15/h1-10H,(H2,21,22,23,24). The predicted octanol–water partition coefficient (Wildman–Crippen LogP) is 4.47. The summed E-state index contributed by atoms with van der Waals surface area (Å²) in [7, 11) is 0. The molecule has 0 atom stereocenters. The van der Waals surface area contributed by atoms with Crippen molar-refractivity contribution in [2.45, 2.75) is 6.18 Å². The molecule has 8 heteroatoms. The number of hydrogen-bond donors (Lipinski definition) is 2. The Kier molecular flexibility index (Phi) is 4.42. The van der Waals surface area contributed by atoms with Gasteiger partial charge in [-0.1, -0.05) is 12.1 Å². The third kappa shape index (κ3) is 4.17. The van der Waals surface area contributed by atoms with E-state index in [4.69, 9.17) is 4.74 Å². The molecule has 1 aromatic heterocycles. The summed E-state index contributed by atoms with van der Waals surface area (Å²) in [4.78, 5) is 12.1. The van der Waals surface area contributed by atoms with Crippen LogP contribution >= 0.6 is 0 Å². The van der Waals surface area contributed by atoms with Crippen LogP contribution in [0.2, 0.25) is 0 Å². The lowest BCUT2D eigenvalue weighted by molar-refractivity contribution is -0.137. The lowest BCUT2D eigenvalue weighted by Crippen LogP contribution is -2.12. The third-order valence-corrected chi connectivity index (χ3v) is 3.24. The third-order valence-electron chi connectivity index (χ3n) is 3.24. The highest BCUT2D eigenvalue weighted by atomic mass is 19.4. The molecule has 5 nitrogen and oxygen atoms in total. The van der Waals surface area contributed by atoms with E-state index in [2.05, 4.69) is 15.5 Å². The second-order valence-corrected chi connectivity index (χ2v) is 5.08. The molecule has 3 rings (SSSR count). The van der Waals surface area contributed by atoms with Gasteiger partial charge >= 0.3 is 6.18 Å². The molecule has 0 unspecified atom stereocenters. The Balaban J connectivity index is 1.77. The number of hydrogen-bond acceptors (Lipinski definition) is 3. The van der Waals surface area contributed by atoms with Gasteiger partial charge in [0.05, 0.1) is 11.8 Å². The second kappa shape index (κ2) is 6.68. The Labute approximate surface area is 140 Å². The average Bonchev–Trinajstić information content (AvgIpc) is 3.07. The first kappa shape index (κ1) is 16.6. The van der Waals surface area contributed by atoms with Gasteiger partial charge in [0.15, 0.2) is 0 Å². The topological polar surface area (TPSA) is 67.0 Å². The van der Waals surface area contributed by atoms with E-state index in [0.717, 1.165) is 12.1 Å². The van der Waals surface area contributed by atoms with E-state index in [0.29, 0.717) is 11.4 Å². The minimum Gasteiger partial charge on any atom is -0.457 e. The molecule has 1 amide bonds. The lowest BCUT2D eigenvalue weighted by Gasteiger charge is -2.10. The van der Waals surface area contributed by atoms with Crippen LogP contribution in [-0.2, 0) is 6.18 Å². The maximum Gasteiger partial charge on any atom is 0.416 e. The number of halogens is 3. The molecule has 0 aliphatic heterocycles. The van der Waals surface area contributed by atoms with Crippen LogP contribution in [0.25, 0.3) is 0 Å². The molecule has 0 spiro atoms. The molecule has 0 saturated carbocycles. The summed E-state index contributed by atoms with van der Waals surface area (Å²) in [6.07, 6.45) is -2.96. The van der Waals surface area contributed by atoms with Crippen LogP contribution in [0.1, 0.15) is 15.9 Å². The van der Waals surface area contributed by atoms with Gasteiger partial charge in [0, 0.05) is 11.6 Å². The average molecular weight is 347 g/mol. The number of anilines is 1.